The number of β-amino-alcohol motifs (C(OH)–C–C–N with tert-alkyl or cyclic N) is 1. The molecule has 0 unspecified atom stereocenters. The lowest BCUT2D eigenvalue weighted by molar-refractivity contribution is -0.144. The third kappa shape index (κ3) is 9.71. The van der Waals surface area contributed by atoms with Gasteiger partial charge in [0.2, 0.25) is 23.6 Å². The summed E-state index contributed by atoms with van der Waals surface area (Å²) in [5.41, 5.74) is 8.59. The van der Waals surface area contributed by atoms with Gasteiger partial charge in [-0.1, -0.05) is 80.9 Å². The number of aromatic nitrogens is 4. The first-order valence-corrected chi connectivity index (χ1v) is 23.3. The maximum Gasteiger partial charge on any atom is 0.246 e. The summed E-state index contributed by atoms with van der Waals surface area (Å²) in [5.74, 6) is -0.855. The summed E-state index contributed by atoms with van der Waals surface area (Å²) in [6, 6.07) is 14.3. The highest BCUT2D eigenvalue weighted by molar-refractivity contribution is 7.13. The minimum Gasteiger partial charge on any atom is -0.391 e. The summed E-state index contributed by atoms with van der Waals surface area (Å²) in [7, 11) is 0. The average Bonchev–Trinajstić information content (AvgIpc) is 4.10. The van der Waals surface area contributed by atoms with Gasteiger partial charge in [0.15, 0.2) is 0 Å². The number of benzene rings is 2. The quantitative estimate of drug-likeness (QED) is 0.104. The van der Waals surface area contributed by atoms with Crippen LogP contribution in [0.4, 0.5) is 5.69 Å². The van der Waals surface area contributed by atoms with E-state index in [2.05, 4.69) is 48.0 Å². The number of aliphatic hydroxyl groups is 1. The normalized spacial score (nSPS) is 18.9. The molecule has 16 heteroatoms. The van der Waals surface area contributed by atoms with Crippen molar-refractivity contribution in [2.45, 2.75) is 97.5 Å². The Labute approximate surface area is 382 Å². The fraction of sp³-hybridized carbons (Fsp3) is 0.438. The molecule has 3 aromatic heterocycles. The van der Waals surface area contributed by atoms with E-state index in [0.29, 0.717) is 18.0 Å². The molecular weight excluding hydrogens is 850 g/mol. The molecule has 4 N–H and O–H groups in total. The maximum absolute atomic E-state index is 14.1. The smallest absolute Gasteiger partial charge is 0.246 e. The van der Waals surface area contributed by atoms with E-state index in [9.17, 15) is 24.3 Å². The maximum atomic E-state index is 14.1. The summed E-state index contributed by atoms with van der Waals surface area (Å²) in [6.07, 6.45) is 9.65. The molecule has 0 radical (unpaired) electrons. The zero-order chi connectivity index (χ0) is 45.2. The number of thiazole rings is 1. The van der Waals surface area contributed by atoms with Crippen LogP contribution in [-0.4, -0.2) is 97.8 Å². The second-order valence-corrected chi connectivity index (χ2v) is 19.7. The van der Waals surface area contributed by atoms with E-state index in [1.807, 2.05) is 82.0 Å². The first-order chi connectivity index (χ1) is 30.7. The average molecular weight is 907 g/mol. The monoisotopic (exact) mass is 905 g/mol. The van der Waals surface area contributed by atoms with E-state index in [1.165, 1.54) is 4.90 Å². The van der Waals surface area contributed by atoms with Crippen LogP contribution < -0.4 is 20.9 Å². The third-order valence-electron chi connectivity index (χ3n) is 12.9. The van der Waals surface area contributed by atoms with Crippen molar-refractivity contribution in [3.8, 4) is 32.7 Å². The Bertz CT molecular complexity index is 2490. The van der Waals surface area contributed by atoms with E-state index >= 15 is 0 Å². The highest BCUT2D eigenvalue weighted by atomic mass is 35.5. The lowest BCUT2D eigenvalue weighted by Crippen LogP contribution is -2.57. The largest absolute Gasteiger partial charge is 0.391 e. The SMILES string of the molecule is Cc1ncsc1-c1ccc(CNC(=O)[C@H]2C[C@@H](O)CN2C(=O)[C@H](NC(=O)CCCn2cc(-c3ccc(-c4cncc(Cl)c4N4CCC5(CCNC5=O)CC4)cc3)cn2)C(C)(C)C)cc1. The Balaban J connectivity index is 0.838. The number of pyridine rings is 1. The van der Waals surface area contributed by atoms with Crippen molar-refractivity contribution >= 4 is 52.3 Å². The minimum absolute atomic E-state index is 0.00685. The molecular formula is C48H56ClN9O5S. The van der Waals surface area contributed by atoms with E-state index in [-0.39, 0.29) is 49.1 Å². The van der Waals surface area contributed by atoms with Crippen LogP contribution in [0.25, 0.3) is 32.7 Å². The fourth-order valence-electron chi connectivity index (χ4n) is 9.20. The summed E-state index contributed by atoms with van der Waals surface area (Å²) >= 11 is 8.35. The molecule has 8 rings (SSSR count). The Morgan fingerprint density at radius 2 is 1.70 bits per heavy atom. The number of anilines is 1. The van der Waals surface area contributed by atoms with E-state index < -0.39 is 29.5 Å². The molecule has 0 saturated carbocycles. The first kappa shape index (κ1) is 44.9. The van der Waals surface area contributed by atoms with Crippen molar-refractivity contribution in [1.29, 1.82) is 0 Å². The molecule has 3 fully saturated rings. The van der Waals surface area contributed by atoms with Crippen LogP contribution in [-0.2, 0) is 32.3 Å². The molecule has 5 aromatic rings. The predicted molar refractivity (Wildman–Crippen MR) is 248 cm³/mol. The van der Waals surface area contributed by atoms with Gasteiger partial charge in [-0.2, -0.15) is 5.10 Å². The number of carbonyl (C=O) groups is 4. The number of piperidine rings is 1. The number of carbonyl (C=O) groups excluding carboxylic acids is 4. The summed E-state index contributed by atoms with van der Waals surface area (Å²) in [5, 5.41) is 24.7. The number of likely N-dealkylation sites (tertiary alicyclic amines) is 1. The van der Waals surface area contributed by atoms with Gasteiger partial charge in [0.1, 0.15) is 12.1 Å². The van der Waals surface area contributed by atoms with Crippen LogP contribution in [0.15, 0.2) is 78.8 Å². The number of hydrogen-bond donors (Lipinski definition) is 4. The number of hydrogen-bond acceptors (Lipinski definition) is 10. The van der Waals surface area contributed by atoms with Crippen molar-refractivity contribution in [2.24, 2.45) is 10.8 Å². The number of aryl methyl sites for hydroxylation is 2. The first-order valence-electron chi connectivity index (χ1n) is 22.0. The number of nitrogens with one attached hydrogen (secondary N) is 3. The van der Waals surface area contributed by atoms with E-state index in [4.69, 9.17) is 11.6 Å². The minimum atomic E-state index is -0.909. The van der Waals surface area contributed by atoms with Gasteiger partial charge in [0.05, 0.1) is 44.5 Å². The number of nitrogens with zero attached hydrogens (tertiary/aromatic N) is 6. The van der Waals surface area contributed by atoms with Crippen LogP contribution in [0.1, 0.15) is 70.6 Å². The van der Waals surface area contributed by atoms with Gasteiger partial charge in [0.25, 0.3) is 0 Å². The van der Waals surface area contributed by atoms with Gasteiger partial charge >= 0.3 is 0 Å². The summed E-state index contributed by atoms with van der Waals surface area (Å²) < 4.78 is 1.81. The Hall–Kier alpha value is -5.64. The van der Waals surface area contributed by atoms with Crippen LogP contribution in [0, 0.1) is 17.8 Å². The third-order valence-corrected chi connectivity index (χ3v) is 14.2. The van der Waals surface area contributed by atoms with Crippen LogP contribution in [0.3, 0.4) is 0 Å². The Morgan fingerprint density at radius 3 is 2.38 bits per heavy atom. The molecule has 1 spiro atoms. The van der Waals surface area contributed by atoms with Crippen molar-refractivity contribution in [1.82, 2.24) is 40.6 Å². The Kier molecular flexibility index (Phi) is 13.2. The molecule has 64 heavy (non-hydrogen) atoms. The van der Waals surface area contributed by atoms with Gasteiger partial charge < -0.3 is 30.9 Å². The number of halogens is 1. The van der Waals surface area contributed by atoms with Gasteiger partial charge in [-0.25, -0.2) is 4.98 Å². The van der Waals surface area contributed by atoms with E-state index in [0.717, 1.165) is 88.5 Å². The standard InChI is InChI=1S/C48H56ClN9O5S/c1-30-42(64-29-53-30)34-9-7-31(8-10-34)23-52-44(61)39-22-36(59)28-58(39)45(62)43(47(2,3)4)55-40(60)6-5-19-57-27-35(24-54-57)32-11-13-33(14-12-32)37-25-50-26-38(49)41(37)56-20-16-48(17-21-56)15-18-51-46(48)63/h7-14,24-27,29,36,39,43,59H,5-6,15-23,28H2,1-4H3,(H,51,63)(H,52,61)(H,55,60)/t36-,39-,43+/m1/s1. The molecule has 3 saturated heterocycles. The summed E-state index contributed by atoms with van der Waals surface area (Å²) in [6.45, 7) is 10.6. The van der Waals surface area contributed by atoms with Gasteiger partial charge in [-0.05, 0) is 60.3 Å². The fourth-order valence-corrected chi connectivity index (χ4v) is 10.3. The van der Waals surface area contributed by atoms with Crippen molar-refractivity contribution in [3.63, 3.8) is 0 Å². The van der Waals surface area contributed by atoms with E-state index in [1.54, 1.807) is 28.4 Å². The van der Waals surface area contributed by atoms with Crippen LogP contribution >= 0.6 is 22.9 Å². The summed E-state index contributed by atoms with van der Waals surface area (Å²) in [4.78, 5) is 67.1. The molecule has 0 aliphatic carbocycles. The second-order valence-electron chi connectivity index (χ2n) is 18.4. The lowest BCUT2D eigenvalue weighted by Gasteiger charge is -2.39. The van der Waals surface area contributed by atoms with Crippen molar-refractivity contribution in [3.05, 3.63) is 95.1 Å². The lowest BCUT2D eigenvalue weighted by atomic mass is 9.77. The highest BCUT2D eigenvalue weighted by Crippen LogP contribution is 2.43. The molecule has 2 aromatic carbocycles. The molecule has 0 bridgehead atoms. The highest BCUT2D eigenvalue weighted by Gasteiger charge is 2.46. The zero-order valence-corrected chi connectivity index (χ0v) is 38.3. The molecule has 3 atom stereocenters. The van der Waals surface area contributed by atoms with Gasteiger partial charge in [-0.3, -0.25) is 28.8 Å². The number of rotatable bonds is 13. The predicted octanol–water partition coefficient (Wildman–Crippen LogP) is 6.39. The molecule has 3 aliphatic rings. The number of aliphatic hydroxyl groups excluding tert-OH is 1. The van der Waals surface area contributed by atoms with Gasteiger partial charge in [-0.15, -0.1) is 11.3 Å². The zero-order valence-electron chi connectivity index (χ0n) is 36.8. The number of amides is 4. The second kappa shape index (κ2) is 18.8. The molecule has 14 nitrogen and oxygen atoms in total. The molecule has 3 aliphatic heterocycles. The van der Waals surface area contributed by atoms with Crippen LogP contribution in [0.5, 0.6) is 0 Å². The topological polar surface area (TPSA) is 175 Å². The molecule has 6 heterocycles. The molecule has 4 amide bonds. The van der Waals surface area contributed by atoms with Gasteiger partial charge in [0, 0.05) is 81.8 Å². The van der Waals surface area contributed by atoms with Crippen LogP contribution in [0.2, 0.25) is 5.02 Å². The Morgan fingerprint density at radius 1 is 0.984 bits per heavy atom. The molecule has 336 valence electrons. The van der Waals surface area contributed by atoms with Crippen molar-refractivity contribution < 1.29 is 24.3 Å². The van der Waals surface area contributed by atoms with Crippen molar-refractivity contribution in [2.75, 3.05) is 31.1 Å².